The second kappa shape index (κ2) is 10.1. The topological polar surface area (TPSA) is 177 Å². The van der Waals surface area contributed by atoms with Gasteiger partial charge in [0.2, 0.25) is 10.2 Å². The summed E-state index contributed by atoms with van der Waals surface area (Å²) in [5.41, 5.74) is 0. The van der Waals surface area contributed by atoms with Crippen LogP contribution in [-0.2, 0) is 20.0 Å². The second-order valence-electron chi connectivity index (χ2n) is 6.32. The number of furan rings is 2. The maximum absolute atomic E-state index is 12.4. The number of carbonyl (C=O) groups is 2. The number of sulfonamides is 2. The van der Waals surface area contributed by atoms with Crippen molar-refractivity contribution in [1.29, 1.82) is 0 Å². The SMILES string of the molecule is CCCC(CNC(=O)c1ccc(S(=O)(=O)NC)o1)NC(=O)c1ccc(S(=O)(=O)NC)o1. The van der Waals surface area contributed by atoms with Gasteiger partial charge in [-0.1, -0.05) is 13.3 Å². The van der Waals surface area contributed by atoms with E-state index in [2.05, 4.69) is 20.1 Å². The minimum absolute atomic E-state index is 0.0234. The zero-order chi connectivity index (χ0) is 23.2. The number of hydrogen-bond donors (Lipinski definition) is 4. The van der Waals surface area contributed by atoms with Gasteiger partial charge in [-0.05, 0) is 44.8 Å². The van der Waals surface area contributed by atoms with E-state index >= 15 is 0 Å². The van der Waals surface area contributed by atoms with Crippen LogP contribution >= 0.6 is 0 Å². The van der Waals surface area contributed by atoms with Crippen LogP contribution in [0.1, 0.15) is 40.9 Å². The molecule has 0 aliphatic rings. The minimum Gasteiger partial charge on any atom is -0.438 e. The summed E-state index contributed by atoms with van der Waals surface area (Å²) in [6.07, 6.45) is 1.19. The Hall–Kier alpha value is -2.68. The van der Waals surface area contributed by atoms with Crippen molar-refractivity contribution in [3.8, 4) is 0 Å². The van der Waals surface area contributed by atoms with Crippen LogP contribution in [0.5, 0.6) is 0 Å². The molecule has 0 saturated carbocycles. The predicted molar refractivity (Wildman–Crippen MR) is 108 cm³/mol. The van der Waals surface area contributed by atoms with Gasteiger partial charge in [-0.2, -0.15) is 0 Å². The lowest BCUT2D eigenvalue weighted by atomic mass is 10.1. The lowest BCUT2D eigenvalue weighted by Gasteiger charge is -2.17. The molecule has 31 heavy (non-hydrogen) atoms. The van der Waals surface area contributed by atoms with Gasteiger partial charge in [0.1, 0.15) is 0 Å². The van der Waals surface area contributed by atoms with Crippen LogP contribution in [-0.4, -0.2) is 55.3 Å². The van der Waals surface area contributed by atoms with Crippen molar-refractivity contribution in [1.82, 2.24) is 20.1 Å². The summed E-state index contributed by atoms with van der Waals surface area (Å²) < 4.78 is 61.1. The van der Waals surface area contributed by atoms with E-state index in [0.29, 0.717) is 12.8 Å². The zero-order valence-electron chi connectivity index (χ0n) is 17.1. The molecule has 0 aliphatic carbocycles. The molecule has 4 N–H and O–H groups in total. The number of amides is 2. The highest BCUT2D eigenvalue weighted by Gasteiger charge is 2.23. The normalized spacial score (nSPS) is 13.0. The fourth-order valence-electron chi connectivity index (χ4n) is 2.51. The Morgan fingerprint density at radius 2 is 1.35 bits per heavy atom. The van der Waals surface area contributed by atoms with E-state index in [1.807, 2.05) is 6.92 Å². The van der Waals surface area contributed by atoms with Gasteiger partial charge in [-0.15, -0.1) is 0 Å². The molecule has 2 aromatic heterocycles. The first-order valence-corrected chi connectivity index (χ1v) is 12.2. The fourth-order valence-corrected chi connectivity index (χ4v) is 3.80. The monoisotopic (exact) mass is 476 g/mol. The van der Waals surface area contributed by atoms with Gasteiger partial charge in [0, 0.05) is 12.6 Å². The third-order valence-electron chi connectivity index (χ3n) is 4.16. The van der Waals surface area contributed by atoms with Crippen LogP contribution in [0, 0.1) is 0 Å². The van der Waals surface area contributed by atoms with Gasteiger partial charge in [-0.25, -0.2) is 26.3 Å². The summed E-state index contributed by atoms with van der Waals surface area (Å²) in [6, 6.07) is 4.27. The molecule has 2 rings (SSSR count). The molecule has 14 heteroatoms. The molecule has 2 heterocycles. The van der Waals surface area contributed by atoms with Crippen molar-refractivity contribution in [2.24, 2.45) is 0 Å². The number of carbonyl (C=O) groups excluding carboxylic acids is 2. The average molecular weight is 477 g/mol. The molecule has 0 bridgehead atoms. The minimum atomic E-state index is -3.82. The van der Waals surface area contributed by atoms with Crippen LogP contribution in [0.15, 0.2) is 43.3 Å². The molecule has 0 radical (unpaired) electrons. The van der Waals surface area contributed by atoms with Gasteiger partial charge in [-0.3, -0.25) is 9.59 Å². The van der Waals surface area contributed by atoms with Crippen molar-refractivity contribution >= 4 is 31.9 Å². The third-order valence-corrected chi connectivity index (χ3v) is 6.73. The predicted octanol–water partition coefficient (Wildman–Crippen LogP) is 0.0173. The Kier molecular flexibility index (Phi) is 8.00. The Balaban J connectivity index is 2.02. The van der Waals surface area contributed by atoms with Crippen molar-refractivity contribution < 1.29 is 35.3 Å². The summed E-state index contributed by atoms with van der Waals surface area (Å²) in [7, 11) is -5.21. The van der Waals surface area contributed by atoms with Crippen molar-refractivity contribution in [2.75, 3.05) is 20.6 Å². The molecule has 0 saturated heterocycles. The maximum Gasteiger partial charge on any atom is 0.287 e. The van der Waals surface area contributed by atoms with Gasteiger partial charge in [0.05, 0.1) is 0 Å². The molecule has 172 valence electrons. The third kappa shape index (κ3) is 6.16. The average Bonchev–Trinajstić information content (AvgIpc) is 3.42. The van der Waals surface area contributed by atoms with E-state index in [9.17, 15) is 26.4 Å². The lowest BCUT2D eigenvalue weighted by molar-refractivity contribution is 0.0873. The van der Waals surface area contributed by atoms with Crippen molar-refractivity contribution in [3.63, 3.8) is 0 Å². The molecular weight excluding hydrogens is 452 g/mol. The highest BCUT2D eigenvalue weighted by atomic mass is 32.2. The summed E-state index contributed by atoms with van der Waals surface area (Å²) in [5.74, 6) is -1.71. The Morgan fingerprint density at radius 1 is 0.871 bits per heavy atom. The van der Waals surface area contributed by atoms with E-state index < -0.39 is 48.1 Å². The van der Waals surface area contributed by atoms with Crippen LogP contribution in [0.25, 0.3) is 0 Å². The highest BCUT2D eigenvalue weighted by molar-refractivity contribution is 7.89. The molecule has 0 spiro atoms. The van der Waals surface area contributed by atoms with E-state index in [1.165, 1.54) is 26.2 Å². The van der Waals surface area contributed by atoms with Gasteiger partial charge >= 0.3 is 0 Å². The largest absolute Gasteiger partial charge is 0.438 e. The molecule has 0 aliphatic heterocycles. The molecule has 0 fully saturated rings. The van der Waals surface area contributed by atoms with E-state index in [0.717, 1.165) is 12.1 Å². The van der Waals surface area contributed by atoms with E-state index in [4.69, 9.17) is 8.83 Å². The summed E-state index contributed by atoms with van der Waals surface area (Å²) in [4.78, 5) is 24.7. The zero-order valence-corrected chi connectivity index (χ0v) is 18.7. The van der Waals surface area contributed by atoms with E-state index in [-0.39, 0.29) is 18.1 Å². The Morgan fingerprint density at radius 3 is 1.81 bits per heavy atom. The van der Waals surface area contributed by atoms with Crippen LogP contribution < -0.4 is 20.1 Å². The molecule has 1 unspecified atom stereocenters. The van der Waals surface area contributed by atoms with Crippen LogP contribution in [0.2, 0.25) is 0 Å². The van der Waals surface area contributed by atoms with Crippen LogP contribution in [0.4, 0.5) is 0 Å². The highest BCUT2D eigenvalue weighted by Crippen LogP contribution is 2.15. The standard InChI is InChI=1S/C17H24N4O8S2/c1-4-5-11(21-17(23)13-7-9-15(29-13)31(26,27)19-3)10-20-16(22)12-6-8-14(28-12)30(24,25)18-2/h6-9,11,18-19H,4-5,10H2,1-3H3,(H,20,22)(H,21,23). The van der Waals surface area contributed by atoms with Crippen molar-refractivity contribution in [2.45, 2.75) is 36.0 Å². The quantitative estimate of drug-likeness (QED) is 0.351. The van der Waals surface area contributed by atoms with Gasteiger partial charge in [0.15, 0.2) is 11.5 Å². The van der Waals surface area contributed by atoms with E-state index in [1.54, 1.807) is 0 Å². The molecular formula is C17H24N4O8S2. The Labute approximate surface area is 179 Å². The van der Waals surface area contributed by atoms with Gasteiger partial charge in [0.25, 0.3) is 31.9 Å². The second-order valence-corrected chi connectivity index (χ2v) is 9.96. The first-order chi connectivity index (χ1) is 14.5. The number of rotatable bonds is 11. The smallest absolute Gasteiger partial charge is 0.287 e. The first-order valence-electron chi connectivity index (χ1n) is 9.20. The first kappa shape index (κ1) is 24.6. The summed E-state index contributed by atoms with van der Waals surface area (Å²) >= 11 is 0. The Bertz CT molecular complexity index is 1130. The molecule has 12 nitrogen and oxygen atoms in total. The fraction of sp³-hybridized carbons (Fsp3) is 0.412. The lowest BCUT2D eigenvalue weighted by Crippen LogP contribution is -2.43. The number of nitrogens with one attached hydrogen (secondary N) is 4. The summed E-state index contributed by atoms with van der Waals surface area (Å²) in [5, 5.41) is 4.43. The summed E-state index contributed by atoms with van der Waals surface area (Å²) in [6.45, 7) is 1.91. The maximum atomic E-state index is 12.4. The molecule has 1 atom stereocenters. The van der Waals surface area contributed by atoms with Crippen LogP contribution in [0.3, 0.4) is 0 Å². The molecule has 2 amide bonds. The van der Waals surface area contributed by atoms with Gasteiger partial charge < -0.3 is 19.5 Å². The molecule has 0 aromatic carbocycles. The number of hydrogen-bond acceptors (Lipinski definition) is 8. The van der Waals surface area contributed by atoms with Crippen molar-refractivity contribution in [3.05, 3.63) is 35.8 Å². The molecule has 2 aromatic rings.